The van der Waals surface area contributed by atoms with Crippen LogP contribution in [0.15, 0.2) is 42.6 Å². The maximum atomic E-state index is 11.7. The Labute approximate surface area is 115 Å². The molecule has 0 unspecified atom stereocenters. The largest absolute Gasteiger partial charge is 0.497 e. The lowest BCUT2D eigenvalue weighted by Gasteiger charge is -2.07. The second kappa shape index (κ2) is 6.06. The van der Waals surface area contributed by atoms with Crippen molar-refractivity contribution in [2.45, 2.75) is 0 Å². The fraction of sp³-hybridized carbons (Fsp3) is 0.0769. The van der Waals surface area contributed by atoms with Gasteiger partial charge >= 0.3 is 6.03 Å². The summed E-state index contributed by atoms with van der Waals surface area (Å²) in [6.45, 7) is 0. The van der Waals surface area contributed by atoms with E-state index in [9.17, 15) is 4.79 Å². The van der Waals surface area contributed by atoms with Gasteiger partial charge in [-0.2, -0.15) is 0 Å². The first kappa shape index (κ1) is 13.2. The highest BCUT2D eigenvalue weighted by Gasteiger charge is 2.04. The van der Waals surface area contributed by atoms with Gasteiger partial charge in [0, 0.05) is 16.9 Å². The van der Waals surface area contributed by atoms with Gasteiger partial charge in [0.2, 0.25) is 0 Å². The Kier molecular flexibility index (Phi) is 4.20. The third-order valence-corrected chi connectivity index (χ3v) is 2.55. The van der Waals surface area contributed by atoms with Crippen LogP contribution in [0.1, 0.15) is 0 Å². The van der Waals surface area contributed by atoms with Crippen LogP contribution in [0.5, 0.6) is 5.75 Å². The molecule has 0 radical (unpaired) electrons. The Bertz CT molecular complexity index is 572. The molecule has 0 fully saturated rings. The van der Waals surface area contributed by atoms with Crippen LogP contribution in [-0.4, -0.2) is 18.1 Å². The first-order chi connectivity index (χ1) is 9.17. The lowest BCUT2D eigenvalue weighted by molar-refractivity contribution is 0.262. The maximum absolute atomic E-state index is 11.7. The molecule has 1 heterocycles. The number of carbonyl (C=O) groups is 1. The number of carbonyl (C=O) groups excluding carboxylic acids is 1. The van der Waals surface area contributed by atoms with Gasteiger partial charge in [-0.3, -0.25) is 5.32 Å². The third-order valence-electron chi connectivity index (χ3n) is 2.31. The van der Waals surface area contributed by atoms with Gasteiger partial charge in [0.1, 0.15) is 11.6 Å². The smallest absolute Gasteiger partial charge is 0.324 e. The quantitative estimate of drug-likeness (QED) is 0.904. The Hall–Kier alpha value is -2.27. The van der Waals surface area contributed by atoms with Crippen molar-refractivity contribution in [1.29, 1.82) is 0 Å². The molecule has 1 aromatic carbocycles. The number of aromatic nitrogens is 1. The number of hydrogen-bond donors (Lipinski definition) is 2. The van der Waals surface area contributed by atoms with E-state index in [1.165, 1.54) is 6.20 Å². The average Bonchev–Trinajstić information content (AvgIpc) is 2.39. The molecule has 0 bridgehead atoms. The summed E-state index contributed by atoms with van der Waals surface area (Å²) in [4.78, 5) is 15.7. The van der Waals surface area contributed by atoms with Crippen LogP contribution in [0.2, 0.25) is 5.02 Å². The van der Waals surface area contributed by atoms with E-state index in [0.29, 0.717) is 16.5 Å². The standard InChI is InChI=1S/C13H12ClN3O2/c1-19-11-4-2-10(3-5-11)16-13(18)17-12-8-9(14)6-7-15-12/h2-8H,1H3,(H2,15,16,17,18). The summed E-state index contributed by atoms with van der Waals surface area (Å²) in [5.41, 5.74) is 0.653. The summed E-state index contributed by atoms with van der Waals surface area (Å²) in [5, 5.41) is 5.76. The van der Waals surface area contributed by atoms with Crippen LogP contribution < -0.4 is 15.4 Å². The minimum Gasteiger partial charge on any atom is -0.497 e. The second-order valence-corrected chi connectivity index (χ2v) is 4.10. The van der Waals surface area contributed by atoms with Crippen LogP contribution in [-0.2, 0) is 0 Å². The number of rotatable bonds is 3. The van der Waals surface area contributed by atoms with Gasteiger partial charge in [0.05, 0.1) is 7.11 Å². The first-order valence-corrected chi connectivity index (χ1v) is 5.89. The molecule has 98 valence electrons. The molecular formula is C13H12ClN3O2. The van der Waals surface area contributed by atoms with E-state index in [-0.39, 0.29) is 6.03 Å². The van der Waals surface area contributed by atoms with Gasteiger partial charge in [0.25, 0.3) is 0 Å². The fourth-order valence-electron chi connectivity index (χ4n) is 1.43. The summed E-state index contributed by atoms with van der Waals surface area (Å²) in [6.07, 6.45) is 1.52. The van der Waals surface area contributed by atoms with Gasteiger partial charge < -0.3 is 10.1 Å². The molecule has 5 nitrogen and oxygen atoms in total. The zero-order chi connectivity index (χ0) is 13.7. The summed E-state index contributed by atoms with van der Waals surface area (Å²) < 4.78 is 5.03. The van der Waals surface area contributed by atoms with Crippen molar-refractivity contribution in [2.24, 2.45) is 0 Å². The van der Waals surface area contributed by atoms with Gasteiger partial charge in [-0.05, 0) is 36.4 Å². The average molecular weight is 278 g/mol. The third kappa shape index (κ3) is 3.86. The molecule has 2 amide bonds. The molecule has 0 aliphatic heterocycles. The van der Waals surface area contributed by atoms with E-state index in [1.807, 2.05) is 0 Å². The van der Waals surface area contributed by atoms with Gasteiger partial charge in [-0.25, -0.2) is 9.78 Å². The van der Waals surface area contributed by atoms with Gasteiger partial charge in [-0.15, -0.1) is 0 Å². The van der Waals surface area contributed by atoms with E-state index in [4.69, 9.17) is 16.3 Å². The first-order valence-electron chi connectivity index (χ1n) is 5.51. The number of nitrogens with zero attached hydrogens (tertiary/aromatic N) is 1. The number of methoxy groups -OCH3 is 1. The SMILES string of the molecule is COc1ccc(NC(=O)Nc2cc(Cl)ccn2)cc1. The molecule has 6 heteroatoms. The predicted octanol–water partition coefficient (Wildman–Crippen LogP) is 3.39. The lowest BCUT2D eigenvalue weighted by atomic mass is 10.3. The molecule has 0 aliphatic rings. The number of halogens is 1. The number of amides is 2. The Morgan fingerprint density at radius 2 is 1.95 bits per heavy atom. The van der Waals surface area contributed by atoms with Gasteiger partial charge in [-0.1, -0.05) is 11.6 Å². The molecule has 1 aromatic heterocycles. The van der Waals surface area contributed by atoms with Gasteiger partial charge in [0.15, 0.2) is 0 Å². The summed E-state index contributed by atoms with van der Waals surface area (Å²) in [6, 6.07) is 9.80. The number of benzene rings is 1. The van der Waals surface area contributed by atoms with E-state index in [1.54, 1.807) is 43.5 Å². The van der Waals surface area contributed by atoms with Crippen molar-refractivity contribution in [3.8, 4) is 5.75 Å². The molecule has 2 rings (SSSR count). The molecule has 0 saturated heterocycles. The molecule has 2 N–H and O–H groups in total. The zero-order valence-electron chi connectivity index (χ0n) is 10.2. The van der Waals surface area contributed by atoms with Crippen molar-refractivity contribution in [1.82, 2.24) is 4.98 Å². The monoisotopic (exact) mass is 277 g/mol. The Balaban J connectivity index is 1.97. The van der Waals surface area contributed by atoms with Crippen LogP contribution in [0.3, 0.4) is 0 Å². The lowest BCUT2D eigenvalue weighted by Crippen LogP contribution is -2.19. The van der Waals surface area contributed by atoms with Crippen molar-refractivity contribution < 1.29 is 9.53 Å². The topological polar surface area (TPSA) is 63.2 Å². The number of ether oxygens (including phenoxy) is 1. The normalized spacial score (nSPS) is 9.79. The highest BCUT2D eigenvalue weighted by molar-refractivity contribution is 6.30. The zero-order valence-corrected chi connectivity index (χ0v) is 10.9. The molecular weight excluding hydrogens is 266 g/mol. The van der Waals surface area contributed by atoms with E-state index in [0.717, 1.165) is 5.75 Å². The number of anilines is 2. The molecule has 19 heavy (non-hydrogen) atoms. The molecule has 0 saturated carbocycles. The molecule has 0 spiro atoms. The molecule has 0 atom stereocenters. The highest BCUT2D eigenvalue weighted by atomic mass is 35.5. The maximum Gasteiger partial charge on any atom is 0.324 e. The fourth-order valence-corrected chi connectivity index (χ4v) is 1.59. The summed E-state index contributed by atoms with van der Waals surface area (Å²) in [7, 11) is 1.58. The second-order valence-electron chi connectivity index (χ2n) is 3.67. The number of pyridine rings is 1. The number of nitrogens with one attached hydrogen (secondary N) is 2. The summed E-state index contributed by atoms with van der Waals surface area (Å²) in [5.74, 6) is 1.11. The molecule has 2 aromatic rings. The van der Waals surface area contributed by atoms with Crippen LogP contribution in [0.4, 0.5) is 16.3 Å². The van der Waals surface area contributed by atoms with E-state index >= 15 is 0 Å². The van der Waals surface area contributed by atoms with Crippen LogP contribution in [0, 0.1) is 0 Å². The van der Waals surface area contributed by atoms with Crippen molar-refractivity contribution >= 4 is 29.1 Å². The van der Waals surface area contributed by atoms with E-state index in [2.05, 4.69) is 15.6 Å². The minimum absolute atomic E-state index is 0.388. The Morgan fingerprint density at radius 3 is 2.58 bits per heavy atom. The minimum atomic E-state index is -0.389. The summed E-state index contributed by atoms with van der Waals surface area (Å²) >= 11 is 5.80. The van der Waals surface area contributed by atoms with Crippen LogP contribution in [0.25, 0.3) is 0 Å². The highest BCUT2D eigenvalue weighted by Crippen LogP contribution is 2.16. The Morgan fingerprint density at radius 1 is 1.21 bits per heavy atom. The predicted molar refractivity (Wildman–Crippen MR) is 74.9 cm³/mol. The van der Waals surface area contributed by atoms with Crippen molar-refractivity contribution in [3.63, 3.8) is 0 Å². The number of hydrogen-bond acceptors (Lipinski definition) is 3. The van der Waals surface area contributed by atoms with E-state index < -0.39 is 0 Å². The van der Waals surface area contributed by atoms with Crippen molar-refractivity contribution in [3.05, 3.63) is 47.6 Å². The van der Waals surface area contributed by atoms with Crippen molar-refractivity contribution in [2.75, 3.05) is 17.7 Å². The number of urea groups is 1. The molecule has 0 aliphatic carbocycles. The van der Waals surface area contributed by atoms with Crippen LogP contribution >= 0.6 is 11.6 Å².